The average molecular weight is 396 g/mol. The predicted molar refractivity (Wildman–Crippen MR) is 106 cm³/mol. The van der Waals surface area contributed by atoms with Crippen molar-refractivity contribution in [1.29, 1.82) is 0 Å². The van der Waals surface area contributed by atoms with Crippen molar-refractivity contribution in [2.75, 3.05) is 14.2 Å². The topological polar surface area (TPSA) is 119 Å². The Bertz CT molecular complexity index is 1030. The summed E-state index contributed by atoms with van der Waals surface area (Å²) in [6.07, 6.45) is 1.42. The van der Waals surface area contributed by atoms with Gasteiger partial charge in [-0.05, 0) is 36.8 Å². The van der Waals surface area contributed by atoms with Crippen LogP contribution in [0.1, 0.15) is 28.9 Å². The normalized spacial score (nSPS) is 11.6. The van der Waals surface area contributed by atoms with E-state index in [0.29, 0.717) is 28.3 Å². The third-order valence-corrected chi connectivity index (χ3v) is 4.51. The molecule has 1 aromatic heterocycles. The van der Waals surface area contributed by atoms with Gasteiger partial charge < -0.3 is 14.8 Å². The van der Waals surface area contributed by atoms with Gasteiger partial charge >= 0.3 is 0 Å². The lowest BCUT2D eigenvalue weighted by Gasteiger charge is -2.16. The first-order chi connectivity index (χ1) is 13.9. The Labute approximate surface area is 166 Å². The molecule has 2 N–H and O–H groups in total. The zero-order valence-electron chi connectivity index (χ0n) is 16.1. The van der Waals surface area contributed by atoms with Crippen LogP contribution in [0.3, 0.4) is 0 Å². The summed E-state index contributed by atoms with van der Waals surface area (Å²) in [6.45, 7) is 1.85. The zero-order chi connectivity index (χ0) is 21.0. The van der Waals surface area contributed by atoms with Crippen molar-refractivity contribution in [3.8, 4) is 22.8 Å². The van der Waals surface area contributed by atoms with Crippen molar-refractivity contribution in [3.63, 3.8) is 0 Å². The summed E-state index contributed by atoms with van der Waals surface area (Å²) in [5, 5.41) is 20.5. The molecule has 1 unspecified atom stereocenters. The van der Waals surface area contributed by atoms with Gasteiger partial charge in [-0.1, -0.05) is 6.07 Å². The lowest BCUT2D eigenvalue weighted by atomic mass is 10.1. The number of hydrogen-bond donors (Lipinski definition) is 2. The Balaban J connectivity index is 1.80. The van der Waals surface area contributed by atoms with Gasteiger partial charge in [0.05, 0.1) is 42.6 Å². The second-order valence-corrected chi connectivity index (χ2v) is 6.27. The molecule has 0 saturated heterocycles. The second kappa shape index (κ2) is 8.42. The van der Waals surface area contributed by atoms with E-state index in [1.165, 1.54) is 18.3 Å². The lowest BCUT2D eigenvalue weighted by molar-refractivity contribution is -0.384. The highest BCUT2D eigenvalue weighted by atomic mass is 16.6. The van der Waals surface area contributed by atoms with E-state index in [2.05, 4.69) is 15.5 Å². The fraction of sp³-hybridized carbons (Fsp3) is 0.200. The van der Waals surface area contributed by atoms with Crippen molar-refractivity contribution in [2.45, 2.75) is 13.0 Å². The maximum absolute atomic E-state index is 12.8. The second-order valence-electron chi connectivity index (χ2n) is 6.27. The molecule has 1 atom stereocenters. The quantitative estimate of drug-likeness (QED) is 0.466. The molecule has 3 aromatic rings. The molecule has 0 saturated carbocycles. The number of carbonyl (C=O) groups excluding carboxylic acids is 1. The number of aromatic nitrogens is 2. The van der Waals surface area contributed by atoms with Crippen LogP contribution in [-0.4, -0.2) is 35.2 Å². The molecule has 9 nitrogen and oxygen atoms in total. The summed E-state index contributed by atoms with van der Waals surface area (Å²) in [7, 11) is 3.11. The number of nitrogens with zero attached hydrogens (tertiary/aromatic N) is 2. The minimum atomic E-state index is -0.477. The number of nitrogens with one attached hydrogen (secondary N) is 2. The fourth-order valence-corrected chi connectivity index (χ4v) is 2.91. The van der Waals surface area contributed by atoms with Crippen LogP contribution >= 0.6 is 0 Å². The summed E-state index contributed by atoms with van der Waals surface area (Å²) in [4.78, 5) is 23.1. The molecule has 2 aromatic carbocycles. The number of hydrogen-bond acceptors (Lipinski definition) is 6. The van der Waals surface area contributed by atoms with Crippen LogP contribution in [0.15, 0.2) is 48.7 Å². The van der Waals surface area contributed by atoms with E-state index in [4.69, 9.17) is 9.47 Å². The maximum atomic E-state index is 12.8. The number of rotatable bonds is 7. The van der Waals surface area contributed by atoms with Gasteiger partial charge in [0.15, 0.2) is 11.5 Å². The summed E-state index contributed by atoms with van der Waals surface area (Å²) >= 11 is 0. The number of ether oxygens (including phenoxy) is 2. The van der Waals surface area contributed by atoms with Gasteiger partial charge in [0, 0.05) is 17.7 Å². The molecule has 29 heavy (non-hydrogen) atoms. The number of nitro benzene ring substituents is 1. The molecule has 150 valence electrons. The van der Waals surface area contributed by atoms with Gasteiger partial charge in [-0.15, -0.1) is 0 Å². The SMILES string of the molecule is COc1ccc(C(C)NC(=O)c2cn[nH]c2-c2ccc([N+](=O)[O-])cc2)cc1OC. The van der Waals surface area contributed by atoms with E-state index < -0.39 is 4.92 Å². The molecule has 0 bridgehead atoms. The smallest absolute Gasteiger partial charge is 0.269 e. The van der Waals surface area contributed by atoms with E-state index in [9.17, 15) is 14.9 Å². The summed E-state index contributed by atoms with van der Waals surface area (Å²) < 4.78 is 10.5. The molecule has 1 heterocycles. The Morgan fingerprint density at radius 1 is 1.14 bits per heavy atom. The van der Waals surface area contributed by atoms with Crippen LogP contribution in [-0.2, 0) is 0 Å². The Kier molecular flexibility index (Phi) is 5.77. The van der Waals surface area contributed by atoms with Crippen LogP contribution in [0.4, 0.5) is 5.69 Å². The first-order valence-electron chi connectivity index (χ1n) is 8.75. The predicted octanol–water partition coefficient (Wildman–Crippen LogP) is 3.49. The van der Waals surface area contributed by atoms with Crippen molar-refractivity contribution in [1.82, 2.24) is 15.5 Å². The number of aromatic amines is 1. The number of carbonyl (C=O) groups is 1. The molecule has 0 spiro atoms. The first kappa shape index (κ1) is 19.9. The Morgan fingerprint density at radius 2 is 1.83 bits per heavy atom. The van der Waals surface area contributed by atoms with Crippen molar-refractivity contribution >= 4 is 11.6 Å². The highest BCUT2D eigenvalue weighted by Crippen LogP contribution is 2.30. The zero-order valence-corrected chi connectivity index (χ0v) is 16.1. The van der Waals surface area contributed by atoms with E-state index in [1.54, 1.807) is 38.5 Å². The molecule has 0 fully saturated rings. The molecule has 0 aliphatic heterocycles. The standard InChI is InChI=1S/C20H20N4O5/c1-12(14-6-9-17(28-2)18(10-14)29-3)22-20(25)16-11-21-23-19(16)13-4-7-15(8-5-13)24(26)27/h4-12H,1-3H3,(H,21,23)(H,22,25). The van der Waals surface area contributed by atoms with Crippen molar-refractivity contribution in [2.24, 2.45) is 0 Å². The van der Waals surface area contributed by atoms with E-state index in [-0.39, 0.29) is 17.6 Å². The molecular formula is C20H20N4O5. The fourth-order valence-electron chi connectivity index (χ4n) is 2.91. The number of H-pyrrole nitrogens is 1. The third-order valence-electron chi connectivity index (χ3n) is 4.51. The Hall–Kier alpha value is -3.88. The number of nitro groups is 1. The van der Waals surface area contributed by atoms with Crippen LogP contribution < -0.4 is 14.8 Å². The highest BCUT2D eigenvalue weighted by molar-refractivity contribution is 6.00. The summed E-state index contributed by atoms with van der Waals surface area (Å²) in [6, 6.07) is 11.0. The minimum absolute atomic E-state index is 0.0265. The van der Waals surface area contributed by atoms with Gasteiger partial charge in [-0.2, -0.15) is 5.10 Å². The largest absolute Gasteiger partial charge is 0.493 e. The van der Waals surface area contributed by atoms with E-state index in [0.717, 1.165) is 5.56 Å². The van der Waals surface area contributed by atoms with Crippen LogP contribution in [0.2, 0.25) is 0 Å². The van der Waals surface area contributed by atoms with Gasteiger partial charge in [-0.3, -0.25) is 20.0 Å². The van der Waals surface area contributed by atoms with Crippen LogP contribution in [0.5, 0.6) is 11.5 Å². The Morgan fingerprint density at radius 3 is 2.45 bits per heavy atom. The van der Waals surface area contributed by atoms with Crippen molar-refractivity contribution < 1.29 is 19.2 Å². The molecule has 0 aliphatic carbocycles. The monoisotopic (exact) mass is 396 g/mol. The third kappa shape index (κ3) is 4.18. The molecule has 9 heteroatoms. The molecule has 3 rings (SSSR count). The number of non-ortho nitro benzene ring substituents is 1. The van der Waals surface area contributed by atoms with Crippen molar-refractivity contribution in [3.05, 3.63) is 69.9 Å². The summed E-state index contributed by atoms with van der Waals surface area (Å²) in [5.41, 5.74) is 2.26. The van der Waals surface area contributed by atoms with E-state index in [1.807, 2.05) is 13.0 Å². The van der Waals surface area contributed by atoms with E-state index >= 15 is 0 Å². The summed E-state index contributed by atoms with van der Waals surface area (Å²) in [5.74, 6) is 0.848. The molecule has 0 aliphatic rings. The first-order valence-corrected chi connectivity index (χ1v) is 8.75. The highest BCUT2D eigenvalue weighted by Gasteiger charge is 2.19. The van der Waals surface area contributed by atoms with Gasteiger partial charge in [0.25, 0.3) is 11.6 Å². The van der Waals surface area contributed by atoms with Gasteiger partial charge in [-0.25, -0.2) is 0 Å². The lowest BCUT2D eigenvalue weighted by Crippen LogP contribution is -2.26. The molecule has 1 amide bonds. The maximum Gasteiger partial charge on any atom is 0.269 e. The van der Waals surface area contributed by atoms with Crippen LogP contribution in [0.25, 0.3) is 11.3 Å². The number of benzene rings is 2. The number of amides is 1. The minimum Gasteiger partial charge on any atom is -0.493 e. The van der Waals surface area contributed by atoms with Gasteiger partial charge in [0.1, 0.15) is 0 Å². The average Bonchev–Trinajstić information content (AvgIpc) is 3.23. The number of methoxy groups -OCH3 is 2. The molecule has 0 radical (unpaired) electrons. The van der Waals surface area contributed by atoms with Crippen LogP contribution in [0, 0.1) is 10.1 Å². The van der Waals surface area contributed by atoms with Gasteiger partial charge in [0.2, 0.25) is 0 Å². The molecular weight excluding hydrogens is 376 g/mol.